The zero-order chi connectivity index (χ0) is 15.2. The number of carbonyl (C=O) groups is 1. The van der Waals surface area contributed by atoms with Gasteiger partial charge in [-0.25, -0.2) is 4.68 Å². The number of hydrogen-bond acceptors (Lipinski definition) is 2. The molecule has 1 aromatic carbocycles. The van der Waals surface area contributed by atoms with Crippen LogP contribution in [0.5, 0.6) is 0 Å². The largest absolute Gasteiger partial charge is 0.350 e. The van der Waals surface area contributed by atoms with Crippen molar-refractivity contribution < 1.29 is 4.79 Å². The number of rotatable bonds is 4. The summed E-state index contributed by atoms with van der Waals surface area (Å²) in [4.78, 5) is 11.9. The fraction of sp³-hybridized carbons (Fsp3) is 0.333. The molecule has 1 fully saturated rings. The van der Waals surface area contributed by atoms with Gasteiger partial charge in [0.05, 0.1) is 11.9 Å². The summed E-state index contributed by atoms with van der Waals surface area (Å²) in [5, 5.41) is 7.39. The van der Waals surface area contributed by atoms with Crippen molar-refractivity contribution in [2.75, 3.05) is 0 Å². The maximum absolute atomic E-state index is 11.9. The van der Waals surface area contributed by atoms with Crippen LogP contribution in [0.2, 0.25) is 0 Å². The molecule has 4 nitrogen and oxygen atoms in total. The molecular weight excluding hydrogens is 274 g/mol. The third-order valence-corrected chi connectivity index (χ3v) is 4.00. The van der Waals surface area contributed by atoms with Gasteiger partial charge in [-0.3, -0.25) is 4.79 Å². The highest BCUT2D eigenvalue weighted by atomic mass is 16.1. The molecule has 1 aromatic heterocycles. The normalized spacial score (nSPS) is 16.0. The summed E-state index contributed by atoms with van der Waals surface area (Å²) < 4.78 is 1.80. The molecule has 0 bridgehead atoms. The van der Waals surface area contributed by atoms with E-state index < -0.39 is 0 Å². The minimum absolute atomic E-state index is 0.0145. The van der Waals surface area contributed by atoms with E-state index in [0.29, 0.717) is 6.04 Å². The first-order valence-corrected chi connectivity index (χ1v) is 7.90. The second-order valence-electron chi connectivity index (χ2n) is 5.73. The van der Waals surface area contributed by atoms with Crippen LogP contribution in [-0.2, 0) is 4.79 Å². The summed E-state index contributed by atoms with van der Waals surface area (Å²) in [7, 11) is 0. The molecule has 3 rings (SSSR count). The van der Waals surface area contributed by atoms with E-state index in [-0.39, 0.29) is 5.91 Å². The number of carbonyl (C=O) groups excluding carboxylic acids is 1. The van der Waals surface area contributed by atoms with Gasteiger partial charge in [0.1, 0.15) is 0 Å². The zero-order valence-corrected chi connectivity index (χ0v) is 12.6. The first-order valence-electron chi connectivity index (χ1n) is 7.90. The van der Waals surface area contributed by atoms with Gasteiger partial charge in [-0.2, -0.15) is 5.10 Å². The lowest BCUT2D eigenvalue weighted by atomic mass is 9.95. The summed E-state index contributed by atoms with van der Waals surface area (Å²) in [5.41, 5.74) is 1.93. The molecule has 1 heterocycles. The lowest BCUT2D eigenvalue weighted by Gasteiger charge is -2.21. The van der Waals surface area contributed by atoms with E-state index >= 15 is 0 Å². The second-order valence-corrected chi connectivity index (χ2v) is 5.73. The van der Waals surface area contributed by atoms with Crippen molar-refractivity contribution in [3.63, 3.8) is 0 Å². The molecule has 0 saturated heterocycles. The molecule has 1 aliphatic rings. The van der Waals surface area contributed by atoms with Crippen LogP contribution in [0.4, 0.5) is 0 Å². The van der Waals surface area contributed by atoms with Crippen LogP contribution >= 0.6 is 0 Å². The van der Waals surface area contributed by atoms with Crippen molar-refractivity contribution >= 4 is 12.0 Å². The molecule has 0 radical (unpaired) electrons. The Morgan fingerprint density at radius 3 is 2.73 bits per heavy atom. The fourth-order valence-corrected chi connectivity index (χ4v) is 2.81. The van der Waals surface area contributed by atoms with Crippen molar-refractivity contribution in [3.05, 3.63) is 54.4 Å². The van der Waals surface area contributed by atoms with E-state index in [9.17, 15) is 4.79 Å². The molecule has 1 N–H and O–H groups in total. The molecular formula is C18H21N3O. The lowest BCUT2D eigenvalue weighted by Crippen LogP contribution is -2.34. The molecule has 0 spiro atoms. The number of benzene rings is 1. The third kappa shape index (κ3) is 3.85. The lowest BCUT2D eigenvalue weighted by molar-refractivity contribution is -0.117. The molecule has 22 heavy (non-hydrogen) atoms. The molecule has 114 valence electrons. The SMILES string of the molecule is O=C(/C=C/c1cnn(-c2ccccc2)c1)NC1CCCCC1. The Kier molecular flexibility index (Phi) is 4.68. The number of aromatic nitrogens is 2. The van der Waals surface area contributed by atoms with Crippen molar-refractivity contribution in [2.45, 2.75) is 38.1 Å². The summed E-state index contributed by atoms with van der Waals surface area (Å²) in [6, 6.07) is 10.3. The number of nitrogens with one attached hydrogen (secondary N) is 1. The first kappa shape index (κ1) is 14.6. The number of para-hydroxylation sites is 1. The average molecular weight is 295 g/mol. The van der Waals surface area contributed by atoms with Crippen LogP contribution in [0.15, 0.2) is 48.8 Å². The monoisotopic (exact) mass is 295 g/mol. The molecule has 1 aliphatic carbocycles. The number of nitrogens with zero attached hydrogens (tertiary/aromatic N) is 2. The first-order chi connectivity index (χ1) is 10.8. The van der Waals surface area contributed by atoms with Crippen molar-refractivity contribution in [2.24, 2.45) is 0 Å². The smallest absolute Gasteiger partial charge is 0.244 e. The van der Waals surface area contributed by atoms with E-state index in [1.165, 1.54) is 19.3 Å². The van der Waals surface area contributed by atoms with Gasteiger partial charge in [0, 0.05) is 23.9 Å². The van der Waals surface area contributed by atoms with E-state index in [1.54, 1.807) is 17.0 Å². The molecule has 0 unspecified atom stereocenters. The summed E-state index contributed by atoms with van der Waals surface area (Å²) in [6.45, 7) is 0. The minimum atomic E-state index is -0.0145. The van der Waals surface area contributed by atoms with Gasteiger partial charge in [0.25, 0.3) is 0 Å². The Labute approximate surface area is 130 Å². The molecule has 0 atom stereocenters. The predicted molar refractivity (Wildman–Crippen MR) is 87.6 cm³/mol. The Morgan fingerprint density at radius 2 is 1.95 bits per heavy atom. The van der Waals surface area contributed by atoms with Crippen molar-refractivity contribution in [1.82, 2.24) is 15.1 Å². The van der Waals surface area contributed by atoms with Gasteiger partial charge in [-0.05, 0) is 31.1 Å². The highest BCUT2D eigenvalue weighted by Crippen LogP contribution is 2.17. The Hall–Kier alpha value is -2.36. The molecule has 4 heteroatoms. The van der Waals surface area contributed by atoms with Crippen LogP contribution < -0.4 is 5.32 Å². The molecule has 1 amide bonds. The average Bonchev–Trinajstić information content (AvgIpc) is 3.04. The Morgan fingerprint density at radius 1 is 1.18 bits per heavy atom. The van der Waals surface area contributed by atoms with Gasteiger partial charge in [-0.15, -0.1) is 0 Å². The van der Waals surface area contributed by atoms with Crippen LogP contribution in [0.3, 0.4) is 0 Å². The molecule has 1 saturated carbocycles. The molecule has 0 aliphatic heterocycles. The van der Waals surface area contributed by atoms with Crippen molar-refractivity contribution in [1.29, 1.82) is 0 Å². The highest BCUT2D eigenvalue weighted by Gasteiger charge is 2.14. The topological polar surface area (TPSA) is 46.9 Å². The van der Waals surface area contributed by atoms with E-state index in [0.717, 1.165) is 24.1 Å². The van der Waals surface area contributed by atoms with Gasteiger partial charge < -0.3 is 5.32 Å². The quantitative estimate of drug-likeness (QED) is 0.879. The number of amides is 1. The van der Waals surface area contributed by atoms with Crippen LogP contribution in [0.25, 0.3) is 11.8 Å². The van der Waals surface area contributed by atoms with Gasteiger partial charge in [0.2, 0.25) is 5.91 Å². The van der Waals surface area contributed by atoms with E-state index in [1.807, 2.05) is 42.6 Å². The van der Waals surface area contributed by atoms with Crippen LogP contribution in [-0.4, -0.2) is 21.7 Å². The Bertz CT molecular complexity index is 639. The number of hydrogen-bond donors (Lipinski definition) is 1. The predicted octanol–water partition coefficient (Wildman–Crippen LogP) is 3.33. The zero-order valence-electron chi connectivity index (χ0n) is 12.6. The third-order valence-electron chi connectivity index (χ3n) is 4.00. The summed E-state index contributed by atoms with van der Waals surface area (Å²) in [5.74, 6) is -0.0145. The summed E-state index contributed by atoms with van der Waals surface area (Å²) in [6.07, 6.45) is 13.0. The Balaban J connectivity index is 1.58. The van der Waals surface area contributed by atoms with Crippen molar-refractivity contribution in [3.8, 4) is 5.69 Å². The van der Waals surface area contributed by atoms with E-state index in [4.69, 9.17) is 0 Å². The minimum Gasteiger partial charge on any atom is -0.350 e. The summed E-state index contributed by atoms with van der Waals surface area (Å²) >= 11 is 0. The maximum atomic E-state index is 11.9. The van der Waals surface area contributed by atoms with Crippen LogP contribution in [0.1, 0.15) is 37.7 Å². The van der Waals surface area contributed by atoms with Gasteiger partial charge in [-0.1, -0.05) is 37.5 Å². The fourth-order valence-electron chi connectivity index (χ4n) is 2.81. The standard InChI is InChI=1S/C18H21N3O/c22-18(20-16-7-3-1-4-8-16)12-11-15-13-19-21(14-15)17-9-5-2-6-10-17/h2,5-6,9-14,16H,1,3-4,7-8H2,(H,20,22)/b12-11+. The van der Waals surface area contributed by atoms with E-state index in [2.05, 4.69) is 10.4 Å². The van der Waals surface area contributed by atoms with Gasteiger partial charge in [0.15, 0.2) is 0 Å². The highest BCUT2D eigenvalue weighted by molar-refractivity contribution is 5.91. The van der Waals surface area contributed by atoms with Crippen LogP contribution in [0, 0.1) is 0 Å². The second kappa shape index (κ2) is 7.07. The van der Waals surface area contributed by atoms with Gasteiger partial charge >= 0.3 is 0 Å². The maximum Gasteiger partial charge on any atom is 0.244 e. The molecule has 2 aromatic rings.